The van der Waals surface area contributed by atoms with E-state index in [-0.39, 0.29) is 12.4 Å². The van der Waals surface area contributed by atoms with Gasteiger partial charge in [0.1, 0.15) is 5.75 Å². The van der Waals surface area contributed by atoms with E-state index >= 15 is 0 Å². The van der Waals surface area contributed by atoms with Gasteiger partial charge in [-0.25, -0.2) is 0 Å². The Morgan fingerprint density at radius 1 is 1.20 bits per heavy atom. The third-order valence-electron chi connectivity index (χ3n) is 4.06. The molecule has 2 heterocycles. The molecule has 1 aromatic heterocycles. The average Bonchev–Trinajstić information content (AvgIpc) is 3.01. The van der Waals surface area contributed by atoms with Crippen LogP contribution in [0.3, 0.4) is 0 Å². The van der Waals surface area contributed by atoms with Crippen LogP contribution in [0.4, 0.5) is 10.3 Å². The van der Waals surface area contributed by atoms with E-state index in [0.717, 1.165) is 30.4 Å². The number of anilines is 2. The van der Waals surface area contributed by atoms with Gasteiger partial charge in [-0.15, -0.1) is 22.6 Å². The Balaban J connectivity index is 0.00000225. The number of hydrogen-bond acceptors (Lipinski definition) is 7. The maximum absolute atomic E-state index is 5.86. The lowest BCUT2D eigenvalue weighted by molar-refractivity contribution is 0.220. The van der Waals surface area contributed by atoms with Crippen LogP contribution in [-0.4, -0.2) is 41.3 Å². The van der Waals surface area contributed by atoms with Crippen molar-refractivity contribution in [3.8, 4) is 5.75 Å². The molecule has 0 spiro atoms. The van der Waals surface area contributed by atoms with Gasteiger partial charge in [-0.05, 0) is 50.0 Å². The minimum atomic E-state index is 0. The first-order valence-electron chi connectivity index (χ1n) is 8.56. The first-order valence-corrected chi connectivity index (χ1v) is 9.38. The Kier molecular flexibility index (Phi) is 8.24. The van der Waals surface area contributed by atoms with Crippen LogP contribution in [0.15, 0.2) is 24.3 Å². The summed E-state index contributed by atoms with van der Waals surface area (Å²) in [7, 11) is 0. The molecule has 8 heteroatoms. The summed E-state index contributed by atoms with van der Waals surface area (Å²) in [5, 5.41) is 12.1. The number of halogens is 1. The molecule has 6 nitrogen and oxygen atoms in total. The normalized spacial score (nSPS) is 14.7. The Bertz CT molecular complexity index is 633. The first-order chi connectivity index (χ1) is 11.8. The van der Waals surface area contributed by atoms with E-state index in [1.165, 1.54) is 49.3 Å². The predicted molar refractivity (Wildman–Crippen MR) is 106 cm³/mol. The zero-order chi connectivity index (χ0) is 16.6. The number of nitrogen functional groups attached to an aromatic ring is 1. The molecule has 3 rings (SSSR count). The number of nitrogens with one attached hydrogen (secondary N) is 1. The van der Waals surface area contributed by atoms with E-state index in [1.54, 1.807) is 0 Å². The highest BCUT2D eigenvalue weighted by Gasteiger charge is 2.10. The van der Waals surface area contributed by atoms with Crippen molar-refractivity contribution in [1.82, 2.24) is 15.1 Å². The number of piperidine rings is 1. The summed E-state index contributed by atoms with van der Waals surface area (Å²) >= 11 is 1.36. The Hall–Kier alpha value is -1.57. The summed E-state index contributed by atoms with van der Waals surface area (Å²) in [6.07, 6.45) is 4.92. The summed E-state index contributed by atoms with van der Waals surface area (Å²) in [4.78, 5) is 2.53. The smallest absolute Gasteiger partial charge is 0.207 e. The molecule has 1 aromatic carbocycles. The maximum atomic E-state index is 5.86. The van der Waals surface area contributed by atoms with Gasteiger partial charge in [-0.1, -0.05) is 29.9 Å². The number of hydrogen-bond donors (Lipinski definition) is 2. The van der Waals surface area contributed by atoms with Gasteiger partial charge >= 0.3 is 0 Å². The van der Waals surface area contributed by atoms with Gasteiger partial charge < -0.3 is 15.8 Å². The molecular weight excluding hydrogens is 358 g/mol. The lowest BCUT2D eigenvalue weighted by Crippen LogP contribution is -2.29. The summed E-state index contributed by atoms with van der Waals surface area (Å²) in [5.41, 5.74) is 6.87. The molecule has 0 saturated carbocycles. The first kappa shape index (κ1) is 19.8. The van der Waals surface area contributed by atoms with Crippen LogP contribution in [-0.2, 0) is 6.54 Å². The molecule has 0 amide bonds. The third-order valence-corrected chi connectivity index (χ3v) is 4.77. The lowest BCUT2D eigenvalue weighted by atomic mass is 10.1. The number of benzene rings is 1. The fraction of sp³-hybridized carbons (Fsp3) is 0.529. The fourth-order valence-corrected chi connectivity index (χ4v) is 3.41. The molecule has 1 aliphatic rings. The molecule has 0 atom stereocenters. The standard InChI is InChI=1S/C17H25N5OS.ClH/c18-16-20-21-17(24-16)19-8-5-11-23-15-7-4-6-14(12-15)13-22-9-2-1-3-10-22;/h4,6-7,12H,1-3,5,8-11,13H2,(H2,18,20)(H,19,21);1H. The van der Waals surface area contributed by atoms with Gasteiger partial charge in [-0.2, -0.15) is 0 Å². The van der Waals surface area contributed by atoms with Crippen molar-refractivity contribution in [1.29, 1.82) is 0 Å². The topological polar surface area (TPSA) is 76.3 Å². The highest BCUT2D eigenvalue weighted by molar-refractivity contribution is 7.18. The number of nitrogens with zero attached hydrogens (tertiary/aromatic N) is 3. The second-order valence-corrected chi connectivity index (χ2v) is 7.07. The highest BCUT2D eigenvalue weighted by atomic mass is 35.5. The number of aromatic nitrogens is 2. The van der Waals surface area contributed by atoms with E-state index in [4.69, 9.17) is 10.5 Å². The Morgan fingerprint density at radius 2 is 2.04 bits per heavy atom. The molecule has 1 saturated heterocycles. The molecule has 3 N–H and O–H groups in total. The molecular formula is C17H26ClN5OS. The molecule has 1 fully saturated rings. The van der Waals surface area contributed by atoms with Crippen molar-refractivity contribution in [2.45, 2.75) is 32.2 Å². The largest absolute Gasteiger partial charge is 0.494 e. The number of nitrogens with two attached hydrogens (primary N) is 1. The monoisotopic (exact) mass is 383 g/mol. The second kappa shape index (κ2) is 10.4. The summed E-state index contributed by atoms with van der Waals surface area (Å²) in [5.74, 6) is 0.949. The van der Waals surface area contributed by atoms with Crippen LogP contribution < -0.4 is 15.8 Å². The Labute approximate surface area is 159 Å². The zero-order valence-electron chi connectivity index (χ0n) is 14.3. The quantitative estimate of drug-likeness (QED) is 0.680. The minimum absolute atomic E-state index is 0. The molecule has 138 valence electrons. The van der Waals surface area contributed by atoms with Crippen LogP contribution in [0.1, 0.15) is 31.2 Å². The summed E-state index contributed by atoms with van der Waals surface area (Å²) in [6, 6.07) is 8.45. The van der Waals surface area contributed by atoms with Crippen molar-refractivity contribution < 1.29 is 4.74 Å². The second-order valence-electron chi connectivity index (χ2n) is 6.06. The average molecular weight is 384 g/mol. The molecule has 0 bridgehead atoms. The van der Waals surface area contributed by atoms with Gasteiger partial charge in [0.15, 0.2) is 0 Å². The van der Waals surface area contributed by atoms with Gasteiger partial charge in [-0.3, -0.25) is 4.90 Å². The van der Waals surface area contributed by atoms with Crippen molar-refractivity contribution in [3.63, 3.8) is 0 Å². The molecule has 0 radical (unpaired) electrons. The highest BCUT2D eigenvalue weighted by Crippen LogP contribution is 2.18. The van der Waals surface area contributed by atoms with Gasteiger partial charge in [0.25, 0.3) is 0 Å². The van der Waals surface area contributed by atoms with E-state index in [1.807, 2.05) is 6.07 Å². The van der Waals surface area contributed by atoms with Crippen LogP contribution in [0.25, 0.3) is 0 Å². The van der Waals surface area contributed by atoms with Crippen molar-refractivity contribution in [2.24, 2.45) is 0 Å². The van der Waals surface area contributed by atoms with Crippen molar-refractivity contribution in [2.75, 3.05) is 37.3 Å². The zero-order valence-corrected chi connectivity index (χ0v) is 16.0. The number of likely N-dealkylation sites (tertiary alicyclic amines) is 1. The van der Waals surface area contributed by atoms with Crippen LogP contribution >= 0.6 is 23.7 Å². The molecule has 2 aromatic rings. The maximum Gasteiger partial charge on any atom is 0.207 e. The van der Waals surface area contributed by atoms with Gasteiger partial charge in [0.2, 0.25) is 10.3 Å². The summed E-state index contributed by atoms with van der Waals surface area (Å²) in [6.45, 7) is 4.92. The van der Waals surface area contributed by atoms with Crippen LogP contribution in [0.5, 0.6) is 5.75 Å². The molecule has 25 heavy (non-hydrogen) atoms. The number of rotatable bonds is 8. The van der Waals surface area contributed by atoms with Gasteiger partial charge in [0, 0.05) is 13.1 Å². The van der Waals surface area contributed by atoms with Crippen molar-refractivity contribution >= 4 is 34.0 Å². The third kappa shape index (κ3) is 6.68. The molecule has 0 unspecified atom stereocenters. The summed E-state index contributed by atoms with van der Waals surface area (Å²) < 4.78 is 5.86. The SMILES string of the molecule is Cl.Nc1nnc(NCCCOc2cccc(CN3CCCCC3)c2)s1. The van der Waals surface area contributed by atoms with E-state index in [9.17, 15) is 0 Å². The molecule has 0 aliphatic carbocycles. The van der Waals surface area contributed by atoms with Crippen LogP contribution in [0.2, 0.25) is 0 Å². The number of ether oxygens (including phenoxy) is 1. The van der Waals surface area contributed by atoms with E-state index < -0.39 is 0 Å². The van der Waals surface area contributed by atoms with Gasteiger partial charge in [0.05, 0.1) is 6.61 Å². The van der Waals surface area contributed by atoms with Crippen molar-refractivity contribution in [3.05, 3.63) is 29.8 Å². The van der Waals surface area contributed by atoms with E-state index in [0.29, 0.717) is 11.7 Å². The Morgan fingerprint density at radius 3 is 2.80 bits per heavy atom. The van der Waals surface area contributed by atoms with Crippen LogP contribution in [0, 0.1) is 0 Å². The minimum Gasteiger partial charge on any atom is -0.494 e. The predicted octanol–water partition coefficient (Wildman–Crippen LogP) is 3.41. The lowest BCUT2D eigenvalue weighted by Gasteiger charge is -2.26. The molecule has 1 aliphatic heterocycles. The van der Waals surface area contributed by atoms with E-state index in [2.05, 4.69) is 38.6 Å². The fourth-order valence-electron chi connectivity index (χ4n) is 2.87.